The van der Waals surface area contributed by atoms with Gasteiger partial charge in [-0.05, 0) is 24.3 Å². The monoisotopic (exact) mass is 471 g/mol. The summed E-state index contributed by atoms with van der Waals surface area (Å²) < 4.78 is 26.5. The molecule has 0 fully saturated rings. The second kappa shape index (κ2) is 9.73. The van der Waals surface area contributed by atoms with Crippen LogP contribution in [-0.2, 0) is 14.8 Å². The fourth-order valence-electron chi connectivity index (χ4n) is 3.59. The van der Waals surface area contributed by atoms with Crippen LogP contribution in [0.15, 0.2) is 63.9 Å². The number of carbonyl (C=O) groups excluding carboxylic acids is 1. The number of ketones is 1. The number of benzene rings is 1. The fraction of sp³-hybridized carbons (Fsp3) is 0.318. The number of nitrogens with zero attached hydrogens (tertiary/aromatic N) is 5. The molecule has 0 aliphatic carbocycles. The number of rotatable bonds is 8. The number of pyridine rings is 1. The van der Waals surface area contributed by atoms with Crippen molar-refractivity contribution in [2.45, 2.75) is 23.8 Å². The lowest BCUT2D eigenvalue weighted by Gasteiger charge is -2.19. The molecule has 1 aliphatic heterocycles. The molecular weight excluding hydrogens is 446 g/mol. The van der Waals surface area contributed by atoms with E-state index in [-0.39, 0.29) is 22.0 Å². The Bertz CT molecular complexity index is 1150. The summed E-state index contributed by atoms with van der Waals surface area (Å²) in [6, 6.07) is 12.8. The second-order valence-electron chi connectivity index (χ2n) is 7.05. The van der Waals surface area contributed by atoms with E-state index in [1.54, 1.807) is 19.9 Å². The zero-order valence-corrected chi connectivity index (χ0v) is 20.1. The number of allylic oxidation sites excluding steroid dienone is 1. The van der Waals surface area contributed by atoms with Crippen LogP contribution in [0.2, 0.25) is 0 Å². The van der Waals surface area contributed by atoms with Gasteiger partial charge in [0.1, 0.15) is 22.4 Å². The van der Waals surface area contributed by atoms with E-state index in [0.717, 1.165) is 11.4 Å². The molecule has 1 aliphatic rings. The predicted molar refractivity (Wildman–Crippen MR) is 126 cm³/mol. The van der Waals surface area contributed by atoms with E-state index in [9.17, 15) is 18.5 Å². The summed E-state index contributed by atoms with van der Waals surface area (Å²) in [7, 11) is 0.0678. The highest BCUT2D eigenvalue weighted by Gasteiger charge is 2.31. The Balaban J connectivity index is 1.76. The van der Waals surface area contributed by atoms with Crippen molar-refractivity contribution in [1.82, 2.24) is 9.29 Å². The van der Waals surface area contributed by atoms with Crippen molar-refractivity contribution in [3.05, 3.63) is 54.0 Å². The number of para-hydroxylation sites is 2. The minimum absolute atomic E-state index is 0.0135. The van der Waals surface area contributed by atoms with Gasteiger partial charge < -0.3 is 9.80 Å². The Kier molecular flexibility index (Phi) is 7.23. The lowest BCUT2D eigenvalue weighted by atomic mass is 10.2. The van der Waals surface area contributed by atoms with Crippen LogP contribution in [0.25, 0.3) is 0 Å². The van der Waals surface area contributed by atoms with E-state index in [1.165, 1.54) is 28.3 Å². The molecule has 0 saturated carbocycles. The molecule has 0 N–H and O–H groups in total. The minimum Gasteiger partial charge on any atom is -0.328 e. The van der Waals surface area contributed by atoms with Crippen LogP contribution in [0, 0.1) is 11.3 Å². The maximum atomic E-state index is 12.9. The third kappa shape index (κ3) is 4.37. The van der Waals surface area contributed by atoms with E-state index in [2.05, 4.69) is 11.1 Å². The van der Waals surface area contributed by atoms with Gasteiger partial charge in [0.05, 0.1) is 22.2 Å². The molecule has 0 saturated heterocycles. The number of fused-ring (bicyclic) bond motifs is 1. The molecule has 1 aromatic carbocycles. The summed E-state index contributed by atoms with van der Waals surface area (Å²) in [5, 5.41) is 10.2. The van der Waals surface area contributed by atoms with Crippen molar-refractivity contribution < 1.29 is 13.2 Å². The fourth-order valence-corrected chi connectivity index (χ4v) is 5.70. The molecule has 2 heterocycles. The summed E-state index contributed by atoms with van der Waals surface area (Å²) in [5.41, 5.74) is 1.91. The standard InChI is InChI=1S/C22H25N5O3S2/c1-5-27(6-2)32(29,30)16-11-12-21(24-14-16)31-15-20(28)17(13-23)22-25(3)18-9-7-8-10-19(18)26(22)4/h7-12,14H,5-6,15H2,1-4H3. The van der Waals surface area contributed by atoms with Gasteiger partial charge in [-0.1, -0.05) is 37.7 Å². The van der Waals surface area contributed by atoms with Crippen molar-refractivity contribution in [3.63, 3.8) is 0 Å². The SMILES string of the molecule is CCN(CC)S(=O)(=O)c1ccc(SCC(=O)C(C#N)=C2N(C)c3ccccc3N2C)nc1. The van der Waals surface area contributed by atoms with E-state index < -0.39 is 10.0 Å². The smallest absolute Gasteiger partial charge is 0.244 e. The van der Waals surface area contributed by atoms with E-state index in [4.69, 9.17) is 0 Å². The number of hydrogen-bond acceptors (Lipinski definition) is 8. The second-order valence-corrected chi connectivity index (χ2v) is 9.98. The molecule has 8 nitrogen and oxygen atoms in total. The number of hydrogen-bond donors (Lipinski definition) is 0. The summed E-state index contributed by atoms with van der Waals surface area (Å²) in [6.45, 7) is 4.32. The van der Waals surface area contributed by atoms with Crippen molar-refractivity contribution in [3.8, 4) is 6.07 Å². The first-order valence-corrected chi connectivity index (χ1v) is 12.5. The number of carbonyl (C=O) groups is 1. The van der Waals surface area contributed by atoms with Crippen molar-refractivity contribution >= 4 is 38.9 Å². The Labute approximate surface area is 193 Å². The molecule has 2 aromatic rings. The van der Waals surface area contributed by atoms with Gasteiger partial charge in [-0.3, -0.25) is 4.79 Å². The Hall–Kier alpha value is -2.87. The minimum atomic E-state index is -3.58. The molecule has 10 heteroatoms. The summed E-state index contributed by atoms with van der Waals surface area (Å²) in [4.78, 5) is 20.9. The Morgan fingerprint density at radius 3 is 2.16 bits per heavy atom. The average molecular weight is 472 g/mol. The Morgan fingerprint density at radius 2 is 1.69 bits per heavy atom. The zero-order valence-electron chi connectivity index (χ0n) is 18.4. The first-order valence-electron chi connectivity index (χ1n) is 10.1. The van der Waals surface area contributed by atoms with Crippen molar-refractivity contribution in [2.24, 2.45) is 0 Å². The Morgan fingerprint density at radius 1 is 1.09 bits per heavy atom. The van der Waals surface area contributed by atoms with Gasteiger partial charge in [0.25, 0.3) is 0 Å². The zero-order chi connectivity index (χ0) is 23.5. The van der Waals surface area contributed by atoms with Gasteiger partial charge in [-0.25, -0.2) is 13.4 Å². The first kappa shape index (κ1) is 23.8. The number of aromatic nitrogens is 1. The number of anilines is 2. The van der Waals surface area contributed by atoms with Crippen LogP contribution in [0.4, 0.5) is 11.4 Å². The normalized spacial score (nSPS) is 13.3. The number of nitriles is 1. The molecule has 0 amide bonds. The molecule has 168 valence electrons. The van der Waals surface area contributed by atoms with Crippen LogP contribution < -0.4 is 9.80 Å². The van der Waals surface area contributed by atoms with Crippen molar-refractivity contribution in [2.75, 3.05) is 42.7 Å². The van der Waals surface area contributed by atoms with E-state index in [1.807, 2.05) is 48.2 Å². The number of Topliss-reactive ketones (excluding diaryl/α,β-unsaturated/α-hetero) is 1. The molecule has 0 unspecified atom stereocenters. The van der Waals surface area contributed by atoms with Gasteiger partial charge >= 0.3 is 0 Å². The van der Waals surface area contributed by atoms with Crippen LogP contribution in [-0.4, -0.2) is 56.4 Å². The number of sulfonamides is 1. The van der Waals surface area contributed by atoms with Crippen molar-refractivity contribution in [1.29, 1.82) is 5.26 Å². The molecule has 3 rings (SSSR count). The maximum absolute atomic E-state index is 12.9. The van der Waals surface area contributed by atoms with Gasteiger partial charge in [-0.2, -0.15) is 9.57 Å². The summed E-state index contributed by atoms with van der Waals surface area (Å²) in [5.74, 6) is 0.230. The van der Waals surface area contributed by atoms with E-state index >= 15 is 0 Å². The molecule has 0 atom stereocenters. The molecule has 0 radical (unpaired) electrons. The van der Waals surface area contributed by atoms with E-state index in [0.29, 0.717) is 23.9 Å². The van der Waals surface area contributed by atoms with Gasteiger partial charge in [-0.15, -0.1) is 0 Å². The average Bonchev–Trinajstić information content (AvgIpc) is 3.04. The summed E-state index contributed by atoms with van der Waals surface area (Å²) in [6.07, 6.45) is 1.30. The lowest BCUT2D eigenvalue weighted by molar-refractivity contribution is -0.112. The molecule has 1 aromatic heterocycles. The largest absolute Gasteiger partial charge is 0.328 e. The lowest BCUT2D eigenvalue weighted by Crippen LogP contribution is -2.30. The summed E-state index contributed by atoms with van der Waals surface area (Å²) >= 11 is 1.17. The first-order chi connectivity index (χ1) is 15.3. The van der Waals surface area contributed by atoms with Crippen LogP contribution in [0.1, 0.15) is 13.8 Å². The number of thioether (sulfide) groups is 1. The van der Waals surface area contributed by atoms with Gasteiger partial charge in [0.2, 0.25) is 10.0 Å². The quantitative estimate of drug-likeness (QED) is 0.329. The highest BCUT2D eigenvalue weighted by Crippen LogP contribution is 2.40. The highest BCUT2D eigenvalue weighted by atomic mass is 32.2. The van der Waals surface area contributed by atoms with Crippen LogP contribution in [0.5, 0.6) is 0 Å². The van der Waals surface area contributed by atoms with Gasteiger partial charge in [0.15, 0.2) is 5.78 Å². The third-order valence-electron chi connectivity index (χ3n) is 5.26. The molecule has 0 bridgehead atoms. The van der Waals surface area contributed by atoms with Crippen LogP contribution in [0.3, 0.4) is 0 Å². The topological polar surface area (TPSA) is 97.6 Å². The molecule has 32 heavy (non-hydrogen) atoms. The maximum Gasteiger partial charge on any atom is 0.244 e. The predicted octanol–water partition coefficient (Wildman–Crippen LogP) is 3.09. The highest BCUT2D eigenvalue weighted by molar-refractivity contribution is 7.99. The van der Waals surface area contributed by atoms with Gasteiger partial charge in [0, 0.05) is 33.4 Å². The third-order valence-corrected chi connectivity index (χ3v) is 8.23. The molecular formula is C22H25N5O3S2. The van der Waals surface area contributed by atoms with Crippen LogP contribution >= 0.6 is 11.8 Å². The molecule has 0 spiro atoms.